The fourth-order valence-corrected chi connectivity index (χ4v) is 2.01. The molecule has 0 spiro atoms. The molecule has 4 heteroatoms. The third kappa shape index (κ3) is 3.97. The van der Waals surface area contributed by atoms with Gasteiger partial charge in [-0.15, -0.1) is 12.4 Å². The van der Waals surface area contributed by atoms with Crippen molar-refractivity contribution in [2.24, 2.45) is 5.73 Å². The number of methoxy groups -OCH3 is 1. The zero-order chi connectivity index (χ0) is 13.7. The molecule has 0 aliphatic carbocycles. The van der Waals surface area contributed by atoms with Crippen molar-refractivity contribution in [1.82, 2.24) is 0 Å². The summed E-state index contributed by atoms with van der Waals surface area (Å²) in [6.07, 6.45) is 0.585. The first-order valence-electron chi connectivity index (χ1n) is 6.35. The van der Waals surface area contributed by atoms with E-state index in [-0.39, 0.29) is 25.1 Å². The van der Waals surface area contributed by atoms with Crippen molar-refractivity contribution in [1.29, 1.82) is 0 Å². The first kappa shape index (κ1) is 16.5. The van der Waals surface area contributed by atoms with Crippen molar-refractivity contribution >= 4 is 12.4 Å². The van der Waals surface area contributed by atoms with Crippen molar-refractivity contribution in [3.8, 4) is 16.9 Å². The van der Waals surface area contributed by atoms with Gasteiger partial charge in [-0.1, -0.05) is 36.4 Å². The van der Waals surface area contributed by atoms with Gasteiger partial charge in [0.15, 0.2) is 0 Å². The fourth-order valence-electron chi connectivity index (χ4n) is 2.01. The van der Waals surface area contributed by atoms with E-state index in [1.807, 2.05) is 48.5 Å². The molecule has 108 valence electrons. The number of hydrogen-bond donors (Lipinski definition) is 2. The predicted molar refractivity (Wildman–Crippen MR) is 84.3 cm³/mol. The van der Waals surface area contributed by atoms with Crippen molar-refractivity contribution in [3.05, 3.63) is 54.1 Å². The molecule has 0 aromatic heterocycles. The molecule has 0 aliphatic rings. The number of rotatable bonds is 5. The summed E-state index contributed by atoms with van der Waals surface area (Å²) in [7, 11) is 1.66. The molecule has 0 bridgehead atoms. The van der Waals surface area contributed by atoms with Crippen LogP contribution in [-0.4, -0.2) is 18.8 Å². The zero-order valence-electron chi connectivity index (χ0n) is 11.5. The monoisotopic (exact) mass is 293 g/mol. The van der Waals surface area contributed by atoms with Crippen LogP contribution in [0.1, 0.15) is 18.0 Å². The maximum Gasteiger partial charge on any atom is 0.118 e. The molecule has 1 unspecified atom stereocenters. The minimum absolute atomic E-state index is 0. The summed E-state index contributed by atoms with van der Waals surface area (Å²) in [6.45, 7) is 0.112. The molecule has 3 nitrogen and oxygen atoms in total. The second kappa shape index (κ2) is 7.90. The van der Waals surface area contributed by atoms with Crippen molar-refractivity contribution in [2.45, 2.75) is 12.5 Å². The smallest absolute Gasteiger partial charge is 0.118 e. The van der Waals surface area contributed by atoms with Crippen LogP contribution in [0, 0.1) is 0 Å². The number of aliphatic hydroxyl groups excluding tert-OH is 1. The Balaban J connectivity index is 0.00000200. The highest BCUT2D eigenvalue weighted by atomic mass is 35.5. The van der Waals surface area contributed by atoms with Crippen molar-refractivity contribution < 1.29 is 9.84 Å². The van der Waals surface area contributed by atoms with Gasteiger partial charge in [0.2, 0.25) is 0 Å². The van der Waals surface area contributed by atoms with Crippen LogP contribution >= 0.6 is 12.4 Å². The molecule has 0 saturated carbocycles. The maximum atomic E-state index is 8.89. The van der Waals surface area contributed by atoms with Crippen LogP contribution in [0.4, 0.5) is 0 Å². The van der Waals surface area contributed by atoms with E-state index in [0.717, 1.165) is 22.4 Å². The Morgan fingerprint density at radius 1 is 1.00 bits per heavy atom. The molecule has 0 fully saturated rings. The molecule has 1 atom stereocenters. The average molecular weight is 294 g/mol. The number of hydrogen-bond acceptors (Lipinski definition) is 3. The molecule has 3 N–H and O–H groups in total. The Kier molecular flexibility index (Phi) is 6.52. The molecular weight excluding hydrogens is 274 g/mol. The second-order valence-electron chi connectivity index (χ2n) is 4.47. The predicted octanol–water partition coefficient (Wildman–Crippen LogP) is 3.17. The molecule has 0 radical (unpaired) electrons. The van der Waals surface area contributed by atoms with Crippen LogP contribution in [0.5, 0.6) is 5.75 Å². The largest absolute Gasteiger partial charge is 0.497 e. The highest BCUT2D eigenvalue weighted by Gasteiger charge is 2.05. The molecule has 0 amide bonds. The van der Waals surface area contributed by atoms with E-state index in [9.17, 15) is 0 Å². The minimum atomic E-state index is -0.102. The van der Waals surface area contributed by atoms with Gasteiger partial charge in [-0.3, -0.25) is 0 Å². The van der Waals surface area contributed by atoms with E-state index in [1.165, 1.54) is 0 Å². The number of halogens is 1. The molecule has 0 saturated heterocycles. The van der Waals surface area contributed by atoms with Crippen LogP contribution in [0.25, 0.3) is 11.1 Å². The van der Waals surface area contributed by atoms with Gasteiger partial charge < -0.3 is 15.6 Å². The van der Waals surface area contributed by atoms with Crippen LogP contribution < -0.4 is 10.5 Å². The van der Waals surface area contributed by atoms with E-state index in [0.29, 0.717) is 6.42 Å². The topological polar surface area (TPSA) is 55.5 Å². The Bertz CT molecular complexity index is 511. The highest BCUT2D eigenvalue weighted by Crippen LogP contribution is 2.24. The lowest BCUT2D eigenvalue weighted by Crippen LogP contribution is -2.11. The molecule has 2 aromatic rings. The van der Waals surface area contributed by atoms with E-state index >= 15 is 0 Å². The lowest BCUT2D eigenvalue weighted by Gasteiger charge is -2.11. The second-order valence-corrected chi connectivity index (χ2v) is 4.47. The number of aliphatic hydroxyl groups is 1. The van der Waals surface area contributed by atoms with E-state index < -0.39 is 0 Å². The molecule has 2 aromatic carbocycles. The summed E-state index contributed by atoms with van der Waals surface area (Å²) in [5.74, 6) is 0.852. The Hall–Kier alpha value is -1.55. The number of ether oxygens (including phenoxy) is 1. The van der Waals surface area contributed by atoms with Gasteiger partial charge in [0.05, 0.1) is 7.11 Å². The van der Waals surface area contributed by atoms with E-state index in [2.05, 4.69) is 0 Å². The normalized spacial score (nSPS) is 11.6. The summed E-state index contributed by atoms with van der Waals surface area (Å²) >= 11 is 0. The van der Waals surface area contributed by atoms with Crippen LogP contribution in [0.15, 0.2) is 48.5 Å². The lowest BCUT2D eigenvalue weighted by atomic mass is 10.00. The van der Waals surface area contributed by atoms with Gasteiger partial charge in [0, 0.05) is 12.6 Å². The molecular formula is C16H20ClNO2. The maximum absolute atomic E-state index is 8.89. The van der Waals surface area contributed by atoms with Crippen LogP contribution in [-0.2, 0) is 0 Å². The minimum Gasteiger partial charge on any atom is -0.497 e. The Morgan fingerprint density at radius 2 is 1.50 bits per heavy atom. The molecule has 0 heterocycles. The lowest BCUT2D eigenvalue weighted by molar-refractivity contribution is 0.276. The summed E-state index contributed by atoms with van der Waals surface area (Å²) < 4.78 is 5.14. The Morgan fingerprint density at radius 3 is 1.95 bits per heavy atom. The third-order valence-corrected chi connectivity index (χ3v) is 3.20. The van der Waals surface area contributed by atoms with Crippen molar-refractivity contribution in [2.75, 3.05) is 13.7 Å². The first-order chi connectivity index (χ1) is 9.24. The first-order valence-corrected chi connectivity index (χ1v) is 6.35. The van der Waals surface area contributed by atoms with Gasteiger partial charge in [0.25, 0.3) is 0 Å². The van der Waals surface area contributed by atoms with Crippen LogP contribution in [0.3, 0.4) is 0 Å². The van der Waals surface area contributed by atoms with Gasteiger partial charge in [-0.2, -0.15) is 0 Å². The third-order valence-electron chi connectivity index (χ3n) is 3.20. The fraction of sp³-hybridized carbons (Fsp3) is 0.250. The van der Waals surface area contributed by atoms with Crippen LogP contribution in [0.2, 0.25) is 0 Å². The summed E-state index contributed by atoms with van der Waals surface area (Å²) in [4.78, 5) is 0. The summed E-state index contributed by atoms with van der Waals surface area (Å²) in [6, 6.07) is 16.0. The van der Waals surface area contributed by atoms with E-state index in [1.54, 1.807) is 7.11 Å². The standard InChI is InChI=1S/C16H19NO2.ClH/c1-19-15-8-6-13(7-9-15)12-2-4-14(5-3-12)16(17)10-11-18;/h2-9,16,18H,10-11,17H2,1H3;1H. The number of benzene rings is 2. The summed E-state index contributed by atoms with van der Waals surface area (Å²) in [5, 5.41) is 8.89. The van der Waals surface area contributed by atoms with Gasteiger partial charge >= 0.3 is 0 Å². The Labute approximate surface area is 125 Å². The van der Waals surface area contributed by atoms with Gasteiger partial charge in [-0.05, 0) is 35.2 Å². The number of nitrogens with two attached hydrogens (primary N) is 1. The average Bonchev–Trinajstić information content (AvgIpc) is 2.48. The van der Waals surface area contributed by atoms with Gasteiger partial charge in [-0.25, -0.2) is 0 Å². The molecule has 2 rings (SSSR count). The van der Waals surface area contributed by atoms with Crippen molar-refractivity contribution in [3.63, 3.8) is 0 Å². The highest BCUT2D eigenvalue weighted by molar-refractivity contribution is 5.85. The zero-order valence-corrected chi connectivity index (χ0v) is 12.3. The molecule has 0 aliphatic heterocycles. The molecule has 20 heavy (non-hydrogen) atoms. The van der Waals surface area contributed by atoms with E-state index in [4.69, 9.17) is 15.6 Å². The summed E-state index contributed by atoms with van der Waals surface area (Å²) in [5.41, 5.74) is 9.29. The van der Waals surface area contributed by atoms with Gasteiger partial charge in [0.1, 0.15) is 5.75 Å². The SMILES string of the molecule is COc1ccc(-c2ccc(C(N)CCO)cc2)cc1.Cl. The quantitative estimate of drug-likeness (QED) is 0.890.